The van der Waals surface area contributed by atoms with Gasteiger partial charge in [0.2, 0.25) is 0 Å². The lowest BCUT2D eigenvalue weighted by Gasteiger charge is -2.11. The van der Waals surface area contributed by atoms with Gasteiger partial charge in [0.05, 0.1) is 12.1 Å². The van der Waals surface area contributed by atoms with Crippen molar-refractivity contribution in [3.05, 3.63) is 45.9 Å². The van der Waals surface area contributed by atoms with Gasteiger partial charge < -0.3 is 10.6 Å². The Balaban J connectivity index is 2.16. The molecule has 94 valence electrons. The van der Waals surface area contributed by atoms with E-state index in [0.717, 1.165) is 17.8 Å². The molecule has 0 bridgehead atoms. The Morgan fingerprint density at radius 3 is 2.94 bits per heavy atom. The molecule has 1 amide bonds. The normalized spacial score (nSPS) is 10.1. The Labute approximate surface area is 110 Å². The van der Waals surface area contributed by atoms with Crippen LogP contribution in [0.25, 0.3) is 0 Å². The largest absolute Gasteiger partial charge is 0.380 e. The molecule has 0 saturated carbocycles. The van der Waals surface area contributed by atoms with Crippen LogP contribution in [0.3, 0.4) is 0 Å². The van der Waals surface area contributed by atoms with Crippen molar-refractivity contribution in [2.75, 3.05) is 12.4 Å². The summed E-state index contributed by atoms with van der Waals surface area (Å²) < 4.78 is 0. The summed E-state index contributed by atoms with van der Waals surface area (Å²) in [5, 5.41) is 5.97. The monoisotopic (exact) mass is 261 g/mol. The molecule has 0 radical (unpaired) electrons. The summed E-state index contributed by atoms with van der Waals surface area (Å²) in [6.45, 7) is 2.67. The number of anilines is 1. The van der Waals surface area contributed by atoms with Crippen LogP contribution in [0.2, 0.25) is 0 Å². The first-order valence-electron chi connectivity index (χ1n) is 5.65. The first-order chi connectivity index (χ1) is 8.72. The predicted molar refractivity (Wildman–Crippen MR) is 74.0 cm³/mol. The second-order valence-corrected chi connectivity index (χ2v) is 4.85. The molecule has 2 aromatic rings. The second kappa shape index (κ2) is 5.64. The number of benzene rings is 1. The first kappa shape index (κ1) is 12.6. The van der Waals surface area contributed by atoms with E-state index in [4.69, 9.17) is 0 Å². The maximum absolute atomic E-state index is 11.7. The number of amides is 1. The summed E-state index contributed by atoms with van der Waals surface area (Å²) in [4.78, 5) is 16.9. The lowest BCUT2D eigenvalue weighted by atomic mass is 10.1. The number of hydrogen-bond donors (Lipinski definition) is 2. The molecule has 0 saturated heterocycles. The zero-order chi connectivity index (χ0) is 13.0. The minimum Gasteiger partial charge on any atom is -0.380 e. The zero-order valence-corrected chi connectivity index (χ0v) is 11.2. The van der Waals surface area contributed by atoms with E-state index in [2.05, 4.69) is 15.6 Å². The summed E-state index contributed by atoms with van der Waals surface area (Å²) in [6, 6.07) is 5.68. The minimum atomic E-state index is -0.0612. The highest BCUT2D eigenvalue weighted by molar-refractivity contribution is 7.09. The van der Waals surface area contributed by atoms with Crippen LogP contribution in [0, 0.1) is 6.92 Å². The Morgan fingerprint density at radius 2 is 2.28 bits per heavy atom. The van der Waals surface area contributed by atoms with Crippen molar-refractivity contribution in [1.82, 2.24) is 10.3 Å². The van der Waals surface area contributed by atoms with Crippen molar-refractivity contribution in [3.63, 3.8) is 0 Å². The number of hydrogen-bond acceptors (Lipinski definition) is 4. The molecule has 18 heavy (non-hydrogen) atoms. The van der Waals surface area contributed by atoms with Crippen molar-refractivity contribution in [2.24, 2.45) is 0 Å². The average Bonchev–Trinajstić information content (AvgIpc) is 2.90. The fraction of sp³-hybridized carbons (Fsp3) is 0.231. The Bertz CT molecular complexity index is 537. The Kier molecular flexibility index (Phi) is 3.94. The molecule has 0 aliphatic rings. The molecule has 0 atom stereocenters. The van der Waals surface area contributed by atoms with E-state index in [-0.39, 0.29) is 5.91 Å². The van der Waals surface area contributed by atoms with Crippen LogP contribution in [0.4, 0.5) is 5.69 Å². The number of nitrogens with one attached hydrogen (secondary N) is 2. The molecule has 0 unspecified atom stereocenters. The lowest BCUT2D eigenvalue weighted by molar-refractivity contribution is 0.0962. The molecule has 0 aliphatic heterocycles. The highest BCUT2D eigenvalue weighted by Gasteiger charge is 2.09. The topological polar surface area (TPSA) is 54.0 Å². The van der Waals surface area contributed by atoms with E-state index in [1.807, 2.05) is 36.8 Å². The van der Waals surface area contributed by atoms with Crippen molar-refractivity contribution >= 4 is 22.9 Å². The number of nitrogens with zero attached hydrogens (tertiary/aromatic N) is 1. The standard InChI is InChI=1S/C13H15N3OS/c1-9-11(13(17)14-2)4-3-5-12(9)16-7-10-6-15-8-18-10/h3-6,8,16H,7H2,1-2H3,(H,14,17). The van der Waals surface area contributed by atoms with Gasteiger partial charge in [-0.3, -0.25) is 9.78 Å². The van der Waals surface area contributed by atoms with E-state index >= 15 is 0 Å². The third-order valence-corrected chi connectivity index (χ3v) is 3.52. The predicted octanol–water partition coefficient (Wildman–Crippen LogP) is 2.42. The van der Waals surface area contributed by atoms with E-state index in [0.29, 0.717) is 5.56 Å². The van der Waals surface area contributed by atoms with Crippen molar-refractivity contribution in [3.8, 4) is 0 Å². The van der Waals surface area contributed by atoms with Crippen LogP contribution >= 0.6 is 11.3 Å². The number of carbonyl (C=O) groups is 1. The molecule has 2 rings (SSSR count). The molecule has 5 heteroatoms. The molecule has 1 aromatic heterocycles. The van der Waals surface area contributed by atoms with E-state index < -0.39 is 0 Å². The molecule has 1 aromatic carbocycles. The summed E-state index contributed by atoms with van der Waals surface area (Å²) in [5.74, 6) is -0.0612. The van der Waals surface area contributed by atoms with Crippen LogP contribution in [0.15, 0.2) is 29.9 Å². The summed E-state index contributed by atoms with van der Waals surface area (Å²) in [6.07, 6.45) is 1.84. The molecule has 0 fully saturated rings. The van der Waals surface area contributed by atoms with Crippen LogP contribution < -0.4 is 10.6 Å². The first-order valence-corrected chi connectivity index (χ1v) is 6.53. The van der Waals surface area contributed by atoms with Gasteiger partial charge in [-0.05, 0) is 24.6 Å². The third kappa shape index (κ3) is 2.68. The lowest BCUT2D eigenvalue weighted by Crippen LogP contribution is -2.19. The van der Waals surface area contributed by atoms with Gasteiger partial charge in [-0.1, -0.05) is 6.07 Å². The van der Waals surface area contributed by atoms with Gasteiger partial charge in [0, 0.05) is 29.4 Å². The molecule has 2 N–H and O–H groups in total. The summed E-state index contributed by atoms with van der Waals surface area (Å²) in [7, 11) is 1.64. The Hall–Kier alpha value is -1.88. The minimum absolute atomic E-state index is 0.0612. The maximum Gasteiger partial charge on any atom is 0.251 e. The molecule has 1 heterocycles. The zero-order valence-electron chi connectivity index (χ0n) is 10.4. The number of thiazole rings is 1. The number of rotatable bonds is 4. The van der Waals surface area contributed by atoms with Crippen molar-refractivity contribution in [1.29, 1.82) is 0 Å². The van der Waals surface area contributed by atoms with Gasteiger partial charge >= 0.3 is 0 Å². The summed E-state index contributed by atoms with van der Waals surface area (Å²) >= 11 is 1.61. The van der Waals surface area contributed by atoms with Gasteiger partial charge in [-0.15, -0.1) is 11.3 Å². The van der Waals surface area contributed by atoms with E-state index in [1.54, 1.807) is 18.4 Å². The van der Waals surface area contributed by atoms with Crippen LogP contribution in [-0.4, -0.2) is 17.9 Å². The summed E-state index contributed by atoms with van der Waals surface area (Å²) in [5.41, 5.74) is 4.45. The van der Waals surface area contributed by atoms with Gasteiger partial charge in [-0.25, -0.2) is 0 Å². The highest BCUT2D eigenvalue weighted by atomic mass is 32.1. The fourth-order valence-electron chi connectivity index (χ4n) is 1.72. The fourth-order valence-corrected chi connectivity index (χ4v) is 2.25. The quantitative estimate of drug-likeness (QED) is 0.888. The number of carbonyl (C=O) groups excluding carboxylic acids is 1. The molecule has 0 spiro atoms. The maximum atomic E-state index is 11.7. The third-order valence-electron chi connectivity index (χ3n) is 2.74. The van der Waals surface area contributed by atoms with Crippen molar-refractivity contribution < 1.29 is 4.79 Å². The molecule has 4 nitrogen and oxygen atoms in total. The smallest absolute Gasteiger partial charge is 0.251 e. The van der Waals surface area contributed by atoms with Crippen molar-refractivity contribution in [2.45, 2.75) is 13.5 Å². The highest BCUT2D eigenvalue weighted by Crippen LogP contribution is 2.20. The second-order valence-electron chi connectivity index (χ2n) is 3.88. The van der Waals surface area contributed by atoms with E-state index in [1.165, 1.54) is 4.88 Å². The van der Waals surface area contributed by atoms with Gasteiger partial charge in [0.1, 0.15) is 0 Å². The van der Waals surface area contributed by atoms with Gasteiger partial charge in [0.25, 0.3) is 5.91 Å². The average molecular weight is 261 g/mol. The van der Waals surface area contributed by atoms with Crippen LogP contribution in [0.5, 0.6) is 0 Å². The van der Waals surface area contributed by atoms with Gasteiger partial charge in [-0.2, -0.15) is 0 Å². The van der Waals surface area contributed by atoms with Crippen LogP contribution in [0.1, 0.15) is 20.8 Å². The SMILES string of the molecule is CNC(=O)c1cccc(NCc2cncs2)c1C. The van der Waals surface area contributed by atoms with Crippen LogP contribution in [-0.2, 0) is 6.54 Å². The van der Waals surface area contributed by atoms with Gasteiger partial charge in [0.15, 0.2) is 0 Å². The van der Waals surface area contributed by atoms with E-state index in [9.17, 15) is 4.79 Å². The molecular formula is C13H15N3OS. The Morgan fingerprint density at radius 1 is 1.44 bits per heavy atom. The molecular weight excluding hydrogens is 246 g/mol. The molecule has 0 aliphatic carbocycles. The number of aromatic nitrogens is 1.